The molecule has 0 saturated heterocycles. The van der Waals surface area contributed by atoms with Crippen LogP contribution in [0.3, 0.4) is 0 Å². The Kier molecular flexibility index (Phi) is 3.78. The lowest BCUT2D eigenvalue weighted by Gasteiger charge is -2.19. The van der Waals surface area contributed by atoms with E-state index in [1.165, 1.54) is 0 Å². The Bertz CT molecular complexity index is 1500. The van der Waals surface area contributed by atoms with Gasteiger partial charge in [-0.3, -0.25) is 0 Å². The Labute approximate surface area is 182 Å². The molecular formula is C22H18ClN8+. The molecule has 8 nitrogen and oxygen atoms in total. The van der Waals surface area contributed by atoms with Gasteiger partial charge in [0, 0.05) is 5.39 Å². The fourth-order valence-electron chi connectivity index (χ4n) is 4.10. The molecule has 0 saturated carbocycles. The molecule has 4 N–H and O–H groups in total. The number of guanidine groups is 1. The van der Waals surface area contributed by atoms with Crippen molar-refractivity contribution >= 4 is 45.6 Å². The topological polar surface area (TPSA) is 101 Å². The fraction of sp³-hybridized carbons (Fsp3) is 0.0909. The van der Waals surface area contributed by atoms with Crippen LogP contribution < -0.4 is 15.6 Å². The maximum absolute atomic E-state index is 6.73. The predicted molar refractivity (Wildman–Crippen MR) is 120 cm³/mol. The lowest BCUT2D eigenvalue weighted by atomic mass is 10.1. The van der Waals surface area contributed by atoms with Gasteiger partial charge in [-0.15, -0.1) is 0 Å². The summed E-state index contributed by atoms with van der Waals surface area (Å²) < 4.78 is 3.85. The number of aliphatic imine (C=N–C) groups is 1. The first-order valence-corrected chi connectivity index (χ1v) is 10.2. The smallest absolute Gasteiger partial charge is 0.357 e. The number of aryl methyl sites for hydroxylation is 1. The van der Waals surface area contributed by atoms with Crippen LogP contribution in [0.5, 0.6) is 0 Å². The Hall–Kier alpha value is -3.91. The second kappa shape index (κ2) is 6.55. The Morgan fingerprint density at radius 1 is 1.10 bits per heavy atom. The molecule has 0 fully saturated rings. The number of pyridine rings is 1. The van der Waals surface area contributed by atoms with Gasteiger partial charge in [-0.05, 0) is 37.3 Å². The number of benzene rings is 2. The summed E-state index contributed by atoms with van der Waals surface area (Å²) in [6.07, 6.45) is -0.462. The van der Waals surface area contributed by atoms with Gasteiger partial charge in [0.15, 0.2) is 5.65 Å². The molecule has 1 aliphatic heterocycles. The van der Waals surface area contributed by atoms with E-state index in [1.807, 2.05) is 76.8 Å². The molecule has 0 bridgehead atoms. The minimum atomic E-state index is -0.462. The molecule has 152 valence electrons. The van der Waals surface area contributed by atoms with Gasteiger partial charge in [0.1, 0.15) is 16.2 Å². The summed E-state index contributed by atoms with van der Waals surface area (Å²) in [5, 5.41) is 9.07. The third-order valence-corrected chi connectivity index (χ3v) is 5.82. The van der Waals surface area contributed by atoms with Crippen molar-refractivity contribution in [3.63, 3.8) is 0 Å². The highest BCUT2D eigenvalue weighted by Gasteiger charge is 2.33. The summed E-state index contributed by atoms with van der Waals surface area (Å²) in [6, 6.07) is 19.9. The van der Waals surface area contributed by atoms with Crippen LogP contribution in [0.4, 0.5) is 5.95 Å². The van der Waals surface area contributed by atoms with Gasteiger partial charge in [0.05, 0.1) is 16.9 Å². The SMILES string of the molecule is Cc1nn(-c2ccccc2)c2nc(Cl)c([C@@H]3N=C(N)Nc4[nH]c5ccccc5[n+]43)cc12. The van der Waals surface area contributed by atoms with Crippen molar-refractivity contribution in [1.82, 2.24) is 19.7 Å². The number of aromatic amines is 1. The number of H-pyrrole nitrogens is 1. The van der Waals surface area contributed by atoms with Crippen molar-refractivity contribution in [2.45, 2.75) is 13.1 Å². The molecule has 2 aromatic carbocycles. The van der Waals surface area contributed by atoms with Gasteiger partial charge >= 0.3 is 5.95 Å². The number of para-hydroxylation sites is 3. The van der Waals surface area contributed by atoms with Crippen molar-refractivity contribution in [1.29, 1.82) is 0 Å². The van der Waals surface area contributed by atoms with Crippen molar-refractivity contribution in [3.05, 3.63) is 77.1 Å². The number of nitrogens with two attached hydrogens (primary N) is 1. The van der Waals surface area contributed by atoms with E-state index >= 15 is 0 Å². The third kappa shape index (κ3) is 2.69. The summed E-state index contributed by atoms with van der Waals surface area (Å²) in [7, 11) is 0. The lowest BCUT2D eigenvalue weighted by molar-refractivity contribution is -0.674. The number of hydrogen-bond acceptors (Lipinski definition) is 5. The predicted octanol–water partition coefficient (Wildman–Crippen LogP) is 3.44. The van der Waals surface area contributed by atoms with Crippen LogP contribution >= 0.6 is 11.6 Å². The average molecular weight is 430 g/mol. The molecule has 31 heavy (non-hydrogen) atoms. The number of nitrogens with zero attached hydrogens (tertiary/aromatic N) is 5. The average Bonchev–Trinajstić information content (AvgIpc) is 3.30. The van der Waals surface area contributed by atoms with Gasteiger partial charge in [-0.25, -0.2) is 24.5 Å². The second-order valence-corrected chi connectivity index (χ2v) is 7.80. The molecule has 3 aromatic heterocycles. The van der Waals surface area contributed by atoms with Crippen LogP contribution in [0.1, 0.15) is 17.4 Å². The summed E-state index contributed by atoms with van der Waals surface area (Å²) in [5.74, 6) is 1.05. The first kappa shape index (κ1) is 17.9. The van der Waals surface area contributed by atoms with E-state index in [-0.39, 0.29) is 0 Å². The zero-order valence-corrected chi connectivity index (χ0v) is 17.3. The van der Waals surface area contributed by atoms with E-state index < -0.39 is 6.17 Å². The molecule has 1 aliphatic rings. The van der Waals surface area contributed by atoms with Crippen LogP contribution in [-0.4, -0.2) is 25.7 Å². The summed E-state index contributed by atoms with van der Waals surface area (Å²) in [5.41, 5.74) is 11.3. The standard InChI is InChI=1S/C22H17ClN8/c1-12-14-11-15(18(23)26-20(14)31(29-12)13-7-3-2-4-8-13)19-27-21(24)28-22-25-16-9-5-6-10-17(16)30(19)22/h2-11,19H,1H3,(H3,24,25,27,28)/p+1/t19-/m1/s1. The third-order valence-electron chi connectivity index (χ3n) is 5.51. The Morgan fingerprint density at radius 2 is 1.87 bits per heavy atom. The van der Waals surface area contributed by atoms with Crippen LogP contribution in [-0.2, 0) is 0 Å². The van der Waals surface area contributed by atoms with E-state index in [1.54, 1.807) is 0 Å². The number of anilines is 1. The molecule has 6 rings (SSSR count). The lowest BCUT2D eigenvalue weighted by Crippen LogP contribution is -2.48. The van der Waals surface area contributed by atoms with Crippen molar-refractivity contribution < 1.29 is 4.57 Å². The van der Waals surface area contributed by atoms with Crippen LogP contribution in [0.25, 0.3) is 27.8 Å². The zero-order valence-electron chi connectivity index (χ0n) is 16.5. The molecule has 0 amide bonds. The van der Waals surface area contributed by atoms with Crippen molar-refractivity contribution in [2.24, 2.45) is 10.7 Å². The number of rotatable bonds is 2. The quantitative estimate of drug-likeness (QED) is 0.295. The highest BCUT2D eigenvalue weighted by Crippen LogP contribution is 2.32. The molecule has 0 unspecified atom stereocenters. The number of aromatic nitrogens is 5. The molecule has 4 heterocycles. The molecule has 5 aromatic rings. The minimum absolute atomic E-state index is 0.310. The monoisotopic (exact) mass is 429 g/mol. The number of fused-ring (bicyclic) bond motifs is 4. The van der Waals surface area contributed by atoms with Crippen molar-refractivity contribution in [3.8, 4) is 5.69 Å². The highest BCUT2D eigenvalue weighted by atomic mass is 35.5. The van der Waals surface area contributed by atoms with Gasteiger partial charge in [0.25, 0.3) is 5.96 Å². The van der Waals surface area contributed by atoms with Crippen molar-refractivity contribution in [2.75, 3.05) is 5.32 Å². The van der Waals surface area contributed by atoms with E-state index in [0.29, 0.717) is 16.8 Å². The van der Waals surface area contributed by atoms with Gasteiger partial charge in [-0.2, -0.15) is 10.1 Å². The van der Waals surface area contributed by atoms with Crippen LogP contribution in [0.2, 0.25) is 5.15 Å². The fourth-order valence-corrected chi connectivity index (χ4v) is 4.33. The van der Waals surface area contributed by atoms with Crippen LogP contribution in [0.15, 0.2) is 65.7 Å². The Morgan fingerprint density at radius 3 is 2.71 bits per heavy atom. The number of halogens is 1. The normalized spacial score (nSPS) is 15.7. The number of imidazole rings is 1. The molecular weight excluding hydrogens is 412 g/mol. The van der Waals surface area contributed by atoms with Gasteiger partial charge < -0.3 is 5.73 Å². The first-order chi connectivity index (χ1) is 15.1. The number of nitrogens with one attached hydrogen (secondary N) is 2. The molecule has 0 spiro atoms. The second-order valence-electron chi connectivity index (χ2n) is 7.45. The van der Waals surface area contributed by atoms with E-state index in [9.17, 15) is 0 Å². The zero-order chi connectivity index (χ0) is 21.1. The van der Waals surface area contributed by atoms with E-state index in [2.05, 4.69) is 15.3 Å². The molecule has 1 atom stereocenters. The highest BCUT2D eigenvalue weighted by molar-refractivity contribution is 6.30. The van der Waals surface area contributed by atoms with Crippen LogP contribution in [0, 0.1) is 6.92 Å². The minimum Gasteiger partial charge on any atom is -0.357 e. The summed E-state index contributed by atoms with van der Waals surface area (Å²) in [4.78, 5) is 12.7. The van der Waals surface area contributed by atoms with Gasteiger partial charge in [-0.1, -0.05) is 41.9 Å². The maximum atomic E-state index is 6.73. The molecule has 9 heteroatoms. The summed E-state index contributed by atoms with van der Waals surface area (Å²) >= 11 is 6.73. The molecule has 0 aliphatic carbocycles. The van der Waals surface area contributed by atoms with E-state index in [4.69, 9.17) is 27.4 Å². The molecule has 0 radical (unpaired) electrons. The first-order valence-electron chi connectivity index (χ1n) is 9.84. The largest absolute Gasteiger partial charge is 0.365 e. The van der Waals surface area contributed by atoms with E-state index in [0.717, 1.165) is 39.3 Å². The number of hydrogen-bond donors (Lipinski definition) is 3. The van der Waals surface area contributed by atoms with Gasteiger partial charge in [0.2, 0.25) is 6.17 Å². The maximum Gasteiger partial charge on any atom is 0.365 e. The Balaban J connectivity index is 1.58. The summed E-state index contributed by atoms with van der Waals surface area (Å²) in [6.45, 7) is 1.96.